The van der Waals surface area contributed by atoms with Gasteiger partial charge in [0.1, 0.15) is 12.6 Å². The molecule has 4 atom stereocenters. The highest BCUT2D eigenvalue weighted by Crippen LogP contribution is 2.44. The first kappa shape index (κ1) is 23.4. The Kier molecular flexibility index (Phi) is 6.50. The maximum atomic E-state index is 13.4. The number of hydrogen-bond acceptors (Lipinski definition) is 4. The van der Waals surface area contributed by atoms with Crippen LogP contribution in [0.15, 0.2) is 48.5 Å². The molecule has 0 aromatic heterocycles. The molecule has 7 heteroatoms. The van der Waals surface area contributed by atoms with Gasteiger partial charge in [-0.05, 0) is 53.9 Å². The van der Waals surface area contributed by atoms with Crippen LogP contribution in [-0.2, 0) is 14.3 Å². The van der Waals surface area contributed by atoms with Crippen molar-refractivity contribution in [1.82, 2.24) is 10.2 Å². The fourth-order valence-corrected chi connectivity index (χ4v) is 6.09. The van der Waals surface area contributed by atoms with Crippen LogP contribution in [0.25, 0.3) is 11.1 Å². The smallest absolute Gasteiger partial charge is 0.407 e. The van der Waals surface area contributed by atoms with Crippen molar-refractivity contribution in [2.75, 3.05) is 13.2 Å². The Hall–Kier alpha value is -3.35. The third-order valence-electron chi connectivity index (χ3n) is 7.87. The van der Waals surface area contributed by atoms with Crippen molar-refractivity contribution in [3.8, 4) is 11.1 Å². The molecule has 3 aliphatic rings. The van der Waals surface area contributed by atoms with E-state index in [1.807, 2.05) is 31.2 Å². The number of ether oxygens (including phenoxy) is 1. The lowest BCUT2D eigenvalue weighted by molar-refractivity contribution is -0.155. The van der Waals surface area contributed by atoms with Gasteiger partial charge in [0.25, 0.3) is 0 Å². The van der Waals surface area contributed by atoms with Crippen LogP contribution in [0.4, 0.5) is 4.79 Å². The summed E-state index contributed by atoms with van der Waals surface area (Å²) in [6, 6.07) is 15.2. The number of hydrogen-bond donors (Lipinski definition) is 2. The molecule has 2 fully saturated rings. The van der Waals surface area contributed by atoms with Crippen molar-refractivity contribution in [2.45, 2.75) is 57.0 Å². The van der Waals surface area contributed by atoms with Crippen LogP contribution in [0, 0.1) is 11.8 Å². The van der Waals surface area contributed by atoms with Crippen molar-refractivity contribution in [1.29, 1.82) is 0 Å². The summed E-state index contributed by atoms with van der Waals surface area (Å²) in [4.78, 5) is 39.4. The van der Waals surface area contributed by atoms with Gasteiger partial charge in [-0.1, -0.05) is 61.9 Å². The Morgan fingerprint density at radius 1 is 0.971 bits per heavy atom. The molecule has 5 rings (SSSR count). The van der Waals surface area contributed by atoms with Crippen molar-refractivity contribution in [3.05, 3.63) is 59.7 Å². The zero-order valence-electron chi connectivity index (χ0n) is 20.0. The number of rotatable bonds is 5. The number of carboxylic acids is 1. The summed E-state index contributed by atoms with van der Waals surface area (Å²) in [7, 11) is 0. The Balaban J connectivity index is 1.23. The van der Waals surface area contributed by atoms with E-state index in [1.54, 1.807) is 0 Å². The van der Waals surface area contributed by atoms with E-state index in [2.05, 4.69) is 29.6 Å². The lowest BCUT2D eigenvalue weighted by atomic mass is 9.91. The summed E-state index contributed by atoms with van der Waals surface area (Å²) in [5, 5.41) is 12.5. The number of aliphatic carboxylic acids is 1. The second-order valence-corrected chi connectivity index (χ2v) is 10.1. The van der Waals surface area contributed by atoms with E-state index < -0.39 is 24.0 Å². The number of benzene rings is 2. The number of nitrogens with zero attached hydrogens (tertiary/aromatic N) is 1. The summed E-state index contributed by atoms with van der Waals surface area (Å²) in [5.41, 5.74) is 4.63. The maximum Gasteiger partial charge on any atom is 0.407 e. The molecular weight excluding hydrogens is 444 g/mol. The Labute approximate surface area is 205 Å². The normalized spacial score (nSPS) is 25.6. The van der Waals surface area contributed by atoms with Gasteiger partial charge in [-0.25, -0.2) is 9.59 Å². The maximum absolute atomic E-state index is 13.4. The Bertz CT molecular complexity index is 1090. The number of carbonyl (C=O) groups is 3. The van der Waals surface area contributed by atoms with E-state index >= 15 is 0 Å². The minimum atomic E-state index is -0.954. The van der Waals surface area contributed by atoms with Gasteiger partial charge in [0.05, 0.1) is 5.92 Å². The molecule has 35 heavy (non-hydrogen) atoms. The second kappa shape index (κ2) is 9.72. The van der Waals surface area contributed by atoms with E-state index in [0.717, 1.165) is 24.0 Å². The minimum absolute atomic E-state index is 0.0275. The number of carboxylic acid groups (broad SMARTS) is 1. The molecule has 0 bridgehead atoms. The van der Waals surface area contributed by atoms with Gasteiger partial charge in [0.2, 0.25) is 5.91 Å². The number of fused-ring (bicyclic) bond motifs is 3. The minimum Gasteiger partial charge on any atom is -0.480 e. The average molecular weight is 477 g/mol. The monoisotopic (exact) mass is 476 g/mol. The standard InChI is InChI=1S/C28H32N2O5/c1-17-13-14-25(27(32)33)30(15-17)26(31)22-11-6-12-24(22)29-28(34)35-16-23-20-9-4-2-7-18(20)19-8-3-5-10-21(19)23/h2-5,7-10,17,22-25H,6,11-16H2,1H3,(H,29,34)(H,32,33). The molecule has 2 aromatic carbocycles. The number of likely N-dealkylation sites (tertiary alicyclic amines) is 1. The van der Waals surface area contributed by atoms with Gasteiger partial charge in [-0.3, -0.25) is 4.79 Å². The molecule has 1 saturated heterocycles. The molecule has 1 heterocycles. The number of alkyl carbamates (subject to hydrolysis) is 1. The average Bonchev–Trinajstić information content (AvgIpc) is 3.44. The largest absolute Gasteiger partial charge is 0.480 e. The molecule has 1 saturated carbocycles. The third kappa shape index (κ3) is 4.51. The van der Waals surface area contributed by atoms with E-state index in [1.165, 1.54) is 16.0 Å². The topological polar surface area (TPSA) is 95.9 Å². The number of nitrogens with one attached hydrogen (secondary N) is 1. The van der Waals surface area contributed by atoms with Gasteiger partial charge in [0.15, 0.2) is 0 Å². The highest BCUT2D eigenvalue weighted by atomic mass is 16.5. The molecule has 2 aromatic rings. The van der Waals surface area contributed by atoms with E-state index in [0.29, 0.717) is 25.8 Å². The van der Waals surface area contributed by atoms with Crippen LogP contribution in [0.1, 0.15) is 56.1 Å². The van der Waals surface area contributed by atoms with Gasteiger partial charge < -0.3 is 20.1 Å². The van der Waals surface area contributed by atoms with Gasteiger partial charge in [0, 0.05) is 18.5 Å². The highest BCUT2D eigenvalue weighted by molar-refractivity contribution is 5.86. The quantitative estimate of drug-likeness (QED) is 0.667. The summed E-state index contributed by atoms with van der Waals surface area (Å²) in [6.45, 7) is 2.71. The lowest BCUT2D eigenvalue weighted by Crippen LogP contribution is -2.54. The molecular formula is C28H32N2O5. The van der Waals surface area contributed by atoms with Crippen molar-refractivity contribution in [3.63, 3.8) is 0 Å². The summed E-state index contributed by atoms with van der Waals surface area (Å²) >= 11 is 0. The fraction of sp³-hybridized carbons (Fsp3) is 0.464. The molecule has 1 aliphatic heterocycles. The van der Waals surface area contributed by atoms with Crippen LogP contribution >= 0.6 is 0 Å². The first-order valence-corrected chi connectivity index (χ1v) is 12.6. The lowest BCUT2D eigenvalue weighted by Gasteiger charge is -2.38. The molecule has 2 aliphatic carbocycles. The van der Waals surface area contributed by atoms with Crippen molar-refractivity contribution >= 4 is 18.0 Å². The molecule has 4 unspecified atom stereocenters. The third-order valence-corrected chi connectivity index (χ3v) is 7.87. The molecule has 2 N–H and O–H groups in total. The molecule has 0 spiro atoms. The first-order valence-electron chi connectivity index (χ1n) is 12.6. The fourth-order valence-electron chi connectivity index (χ4n) is 6.09. The van der Waals surface area contributed by atoms with Crippen LogP contribution in [0.3, 0.4) is 0 Å². The summed E-state index contributed by atoms with van der Waals surface area (Å²) < 4.78 is 5.68. The summed E-state index contributed by atoms with van der Waals surface area (Å²) in [6.07, 6.45) is 2.88. The predicted octanol–water partition coefficient (Wildman–Crippen LogP) is 4.41. The summed E-state index contributed by atoms with van der Waals surface area (Å²) in [5.74, 6) is -1.29. The van der Waals surface area contributed by atoms with Crippen LogP contribution in [0.2, 0.25) is 0 Å². The van der Waals surface area contributed by atoms with E-state index in [4.69, 9.17) is 4.74 Å². The number of amides is 2. The molecule has 2 amide bonds. The predicted molar refractivity (Wildman–Crippen MR) is 131 cm³/mol. The van der Waals surface area contributed by atoms with Gasteiger partial charge in [-0.15, -0.1) is 0 Å². The van der Waals surface area contributed by atoms with Crippen LogP contribution in [-0.4, -0.2) is 53.2 Å². The number of carbonyl (C=O) groups excluding carboxylic acids is 2. The van der Waals surface area contributed by atoms with Gasteiger partial charge in [-0.2, -0.15) is 0 Å². The SMILES string of the molecule is CC1CCC(C(=O)O)N(C(=O)C2CCCC2NC(=O)OCC2c3ccccc3-c3ccccc32)C1. The first-order chi connectivity index (χ1) is 16.9. The van der Waals surface area contributed by atoms with Crippen molar-refractivity contribution in [2.24, 2.45) is 11.8 Å². The Morgan fingerprint density at radius 2 is 1.63 bits per heavy atom. The second-order valence-electron chi connectivity index (χ2n) is 10.1. The Morgan fingerprint density at radius 3 is 2.29 bits per heavy atom. The molecule has 7 nitrogen and oxygen atoms in total. The van der Waals surface area contributed by atoms with E-state index in [9.17, 15) is 19.5 Å². The molecule has 0 radical (unpaired) electrons. The zero-order valence-corrected chi connectivity index (χ0v) is 20.0. The van der Waals surface area contributed by atoms with Crippen LogP contribution in [0.5, 0.6) is 0 Å². The zero-order chi connectivity index (χ0) is 24.5. The van der Waals surface area contributed by atoms with E-state index in [-0.39, 0.29) is 30.4 Å². The van der Waals surface area contributed by atoms with Crippen molar-refractivity contribution < 1.29 is 24.2 Å². The number of piperidine rings is 1. The highest BCUT2D eigenvalue weighted by Gasteiger charge is 2.42. The molecule has 184 valence electrons. The van der Waals surface area contributed by atoms with Crippen LogP contribution < -0.4 is 5.32 Å². The van der Waals surface area contributed by atoms with Gasteiger partial charge >= 0.3 is 12.1 Å².